The van der Waals surface area contributed by atoms with Crippen LogP contribution in [0.15, 0.2) is 23.3 Å². The molecule has 0 aliphatic carbocycles. The van der Waals surface area contributed by atoms with Crippen molar-refractivity contribution in [3.05, 3.63) is 23.3 Å². The van der Waals surface area contributed by atoms with Gasteiger partial charge in [-0.05, 0) is 12.8 Å². The minimum atomic E-state index is -4.17. The van der Waals surface area contributed by atoms with Crippen molar-refractivity contribution in [1.82, 2.24) is 0 Å². The lowest BCUT2D eigenvalue weighted by atomic mass is 9.55. The average molecular weight is 216 g/mol. The molecule has 15 heavy (non-hydrogen) atoms. The molecule has 1 aliphatic rings. The van der Waals surface area contributed by atoms with Gasteiger partial charge in [0.1, 0.15) is 0 Å². The van der Waals surface area contributed by atoms with Gasteiger partial charge in [-0.3, -0.25) is 0 Å². The van der Waals surface area contributed by atoms with Crippen molar-refractivity contribution in [2.45, 2.75) is 26.3 Å². The lowest BCUT2D eigenvalue weighted by molar-refractivity contribution is -0.171. The van der Waals surface area contributed by atoms with E-state index in [1.54, 1.807) is 27.2 Å². The predicted molar refractivity (Wildman–Crippen MR) is 55.3 cm³/mol. The van der Waals surface area contributed by atoms with Gasteiger partial charge in [-0.15, -0.1) is 0 Å². The van der Waals surface area contributed by atoms with E-state index < -0.39 is 18.0 Å². The second-order valence-electron chi connectivity index (χ2n) is 3.85. The number of halogens is 3. The Hall–Kier alpha value is -0.865. The smallest absolute Gasteiger partial charge is 0.395 e. The molecule has 5 heteroatoms. The topological polar surface area (TPSA) is 26.0 Å². The molecule has 0 saturated heterocycles. The summed E-state index contributed by atoms with van der Waals surface area (Å²) in [6.45, 7) is 3.32. The molecule has 1 heterocycles. The zero-order chi connectivity index (χ0) is 11.6. The second kappa shape index (κ2) is 4.33. The summed E-state index contributed by atoms with van der Waals surface area (Å²) in [7, 11) is 1.77. The van der Waals surface area contributed by atoms with Crippen molar-refractivity contribution in [2.24, 2.45) is 17.6 Å². The normalized spacial score (nSPS) is 28.3. The molecule has 0 aromatic heterocycles. The number of allylic oxidation sites excluding steroid dienone is 3. The summed E-state index contributed by atoms with van der Waals surface area (Å²) in [5.41, 5.74) is 6.52. The first-order chi connectivity index (χ1) is 6.86. The van der Waals surface area contributed by atoms with E-state index in [9.17, 15) is 13.2 Å². The Kier molecular flexibility index (Phi) is 3.52. The molecule has 1 nitrogen and oxygen atoms in total. The van der Waals surface area contributed by atoms with Gasteiger partial charge in [-0.1, -0.05) is 30.9 Å². The van der Waals surface area contributed by atoms with Gasteiger partial charge in [0.2, 0.25) is 0 Å². The lowest BCUT2D eigenvalue weighted by Gasteiger charge is -2.29. The Morgan fingerprint density at radius 3 is 2.67 bits per heavy atom. The maximum atomic E-state index is 12.6. The largest absolute Gasteiger partial charge is 0.399 e. The molecule has 0 fully saturated rings. The molecule has 2 unspecified atom stereocenters. The van der Waals surface area contributed by atoms with E-state index in [0.29, 0.717) is 17.5 Å². The van der Waals surface area contributed by atoms with Crippen LogP contribution in [0.2, 0.25) is 6.32 Å². The van der Waals surface area contributed by atoms with Gasteiger partial charge < -0.3 is 5.73 Å². The Bertz CT molecular complexity index is 294. The quantitative estimate of drug-likeness (QED) is 0.670. The maximum Gasteiger partial charge on any atom is 0.395 e. The number of hydrogen-bond donors (Lipinski definition) is 1. The summed E-state index contributed by atoms with van der Waals surface area (Å²) in [5.74, 6) is -1.78. The minimum absolute atomic E-state index is 0.404. The van der Waals surface area contributed by atoms with Crippen LogP contribution in [-0.4, -0.2) is 13.5 Å². The molecule has 0 bridgehead atoms. The van der Waals surface area contributed by atoms with Gasteiger partial charge in [-0.25, -0.2) is 0 Å². The van der Waals surface area contributed by atoms with E-state index in [-0.39, 0.29) is 0 Å². The summed E-state index contributed by atoms with van der Waals surface area (Å²) in [5, 5.41) is 0. The van der Waals surface area contributed by atoms with Crippen LogP contribution in [0.4, 0.5) is 13.2 Å². The molecule has 0 aromatic rings. The molecular formula is C10H14BF3N. The van der Waals surface area contributed by atoms with E-state index in [0.717, 1.165) is 0 Å². The van der Waals surface area contributed by atoms with Crippen LogP contribution in [0.25, 0.3) is 0 Å². The van der Waals surface area contributed by atoms with Crippen molar-refractivity contribution in [3.63, 3.8) is 0 Å². The van der Waals surface area contributed by atoms with Crippen molar-refractivity contribution in [2.75, 3.05) is 0 Å². The molecule has 0 amide bonds. The van der Waals surface area contributed by atoms with Crippen molar-refractivity contribution in [3.8, 4) is 0 Å². The van der Waals surface area contributed by atoms with E-state index in [4.69, 9.17) is 5.73 Å². The van der Waals surface area contributed by atoms with Crippen LogP contribution in [0.5, 0.6) is 0 Å². The third-order valence-corrected chi connectivity index (χ3v) is 2.70. The van der Waals surface area contributed by atoms with Crippen LogP contribution >= 0.6 is 0 Å². The highest BCUT2D eigenvalue weighted by Gasteiger charge is 2.43. The van der Waals surface area contributed by atoms with E-state index >= 15 is 0 Å². The van der Waals surface area contributed by atoms with Crippen LogP contribution in [0, 0.1) is 11.8 Å². The molecule has 0 saturated carbocycles. The van der Waals surface area contributed by atoms with E-state index in [1.807, 2.05) is 0 Å². The molecule has 1 rings (SSSR count). The first-order valence-corrected chi connectivity index (χ1v) is 4.90. The molecule has 0 spiro atoms. The SMILES string of the molecule is C/C=C(\N)C1=CC(C(F)(F)F)C(C)C[B]1. The van der Waals surface area contributed by atoms with Gasteiger partial charge in [0.15, 0.2) is 7.28 Å². The molecule has 83 valence electrons. The fourth-order valence-electron chi connectivity index (χ4n) is 1.68. The molecule has 1 radical (unpaired) electrons. The lowest BCUT2D eigenvalue weighted by Crippen LogP contribution is -2.32. The Morgan fingerprint density at radius 1 is 1.60 bits per heavy atom. The second-order valence-corrected chi connectivity index (χ2v) is 3.85. The van der Waals surface area contributed by atoms with Crippen LogP contribution < -0.4 is 5.73 Å². The van der Waals surface area contributed by atoms with Gasteiger partial charge in [0, 0.05) is 5.70 Å². The Morgan fingerprint density at radius 2 is 2.20 bits per heavy atom. The third kappa shape index (κ3) is 2.80. The molecule has 2 atom stereocenters. The highest BCUT2D eigenvalue weighted by Crippen LogP contribution is 2.38. The highest BCUT2D eigenvalue weighted by atomic mass is 19.4. The minimum Gasteiger partial charge on any atom is -0.399 e. The number of hydrogen-bond acceptors (Lipinski definition) is 1. The third-order valence-electron chi connectivity index (χ3n) is 2.70. The van der Waals surface area contributed by atoms with E-state index in [1.165, 1.54) is 6.08 Å². The molecule has 0 aromatic carbocycles. The summed E-state index contributed by atoms with van der Waals surface area (Å²) in [6, 6.07) is 0. The van der Waals surface area contributed by atoms with Crippen molar-refractivity contribution >= 4 is 7.28 Å². The zero-order valence-corrected chi connectivity index (χ0v) is 8.81. The average Bonchev–Trinajstić information content (AvgIpc) is 2.15. The fourth-order valence-corrected chi connectivity index (χ4v) is 1.68. The molecule has 1 aliphatic heterocycles. The standard InChI is InChI=1S/C10H14BF3N/c1-3-9(15)8-4-7(10(12,13)14)6(2)5-11-8/h3-4,6-7H,5,15H2,1-2H3/b9-3-. The van der Waals surface area contributed by atoms with Crippen molar-refractivity contribution < 1.29 is 13.2 Å². The number of nitrogens with two attached hydrogens (primary N) is 1. The van der Waals surface area contributed by atoms with Gasteiger partial charge in [-0.2, -0.15) is 13.2 Å². The summed E-state index contributed by atoms with van der Waals surface area (Å²) < 4.78 is 37.8. The Labute approximate surface area is 88.5 Å². The summed E-state index contributed by atoms with van der Waals surface area (Å²) >= 11 is 0. The monoisotopic (exact) mass is 216 g/mol. The van der Waals surface area contributed by atoms with Crippen LogP contribution in [-0.2, 0) is 0 Å². The predicted octanol–water partition coefficient (Wildman–Crippen LogP) is 2.68. The molecular weight excluding hydrogens is 202 g/mol. The fraction of sp³-hybridized carbons (Fsp3) is 0.600. The maximum absolute atomic E-state index is 12.6. The van der Waals surface area contributed by atoms with Gasteiger partial charge in [0.05, 0.1) is 5.92 Å². The highest BCUT2D eigenvalue weighted by molar-refractivity contribution is 6.47. The Balaban J connectivity index is 2.96. The van der Waals surface area contributed by atoms with Gasteiger partial charge >= 0.3 is 6.18 Å². The van der Waals surface area contributed by atoms with Crippen LogP contribution in [0.3, 0.4) is 0 Å². The first-order valence-electron chi connectivity index (χ1n) is 4.90. The zero-order valence-electron chi connectivity index (χ0n) is 8.81. The van der Waals surface area contributed by atoms with Crippen LogP contribution in [0.1, 0.15) is 13.8 Å². The van der Waals surface area contributed by atoms with Gasteiger partial charge in [0.25, 0.3) is 0 Å². The summed E-state index contributed by atoms with van der Waals surface area (Å²) in [4.78, 5) is 0. The number of alkyl halides is 3. The van der Waals surface area contributed by atoms with E-state index in [2.05, 4.69) is 0 Å². The van der Waals surface area contributed by atoms with Crippen molar-refractivity contribution in [1.29, 1.82) is 0 Å². The molecule has 2 N–H and O–H groups in total. The summed E-state index contributed by atoms with van der Waals surface area (Å²) in [6.07, 6.45) is -0.910. The first kappa shape index (κ1) is 12.2. The number of rotatable bonds is 1.